The largest absolute Gasteiger partial charge is 0.481 e. The molecule has 0 bridgehead atoms. The zero-order chi connectivity index (χ0) is 14.7. The number of esters is 1. The molecule has 0 aliphatic heterocycles. The van der Waals surface area contributed by atoms with Gasteiger partial charge in [0.1, 0.15) is 0 Å². The van der Waals surface area contributed by atoms with E-state index >= 15 is 0 Å². The lowest BCUT2D eigenvalue weighted by atomic mass is 9.92. The van der Waals surface area contributed by atoms with Crippen molar-refractivity contribution in [1.82, 2.24) is 0 Å². The number of hydrogen-bond acceptors (Lipinski definition) is 4. The first-order valence-corrected chi connectivity index (χ1v) is 6.66. The third-order valence-corrected chi connectivity index (χ3v) is 2.81. The van der Waals surface area contributed by atoms with Crippen LogP contribution >= 0.6 is 0 Å². The maximum absolute atomic E-state index is 11.4. The fraction of sp³-hybridized carbons (Fsp3) is 0.786. The fourth-order valence-corrected chi connectivity index (χ4v) is 1.45. The lowest BCUT2D eigenvalue weighted by Gasteiger charge is -2.14. The molecule has 0 spiro atoms. The monoisotopic (exact) mass is 269 g/mol. The van der Waals surface area contributed by atoms with E-state index < -0.39 is 11.4 Å². The number of carbonyl (C=O) groups is 2. The van der Waals surface area contributed by atoms with Gasteiger partial charge < -0.3 is 9.84 Å². The van der Waals surface area contributed by atoms with Gasteiger partial charge in [0.15, 0.2) is 0 Å². The molecule has 0 saturated heterocycles. The number of unbranched alkanes of at least 4 members (excludes halogenated alkanes) is 3. The highest BCUT2D eigenvalue weighted by Crippen LogP contribution is 2.18. The average molecular weight is 269 g/mol. The quantitative estimate of drug-likeness (QED) is 0.486. The van der Waals surface area contributed by atoms with Gasteiger partial charge in [0.25, 0.3) is 0 Å². The molecule has 5 heteroatoms. The second kappa shape index (κ2) is 9.37. The molecule has 0 saturated carbocycles. The minimum absolute atomic E-state index is 0.188. The van der Waals surface area contributed by atoms with Crippen LogP contribution in [0.3, 0.4) is 0 Å². The van der Waals surface area contributed by atoms with Crippen LogP contribution in [0.5, 0.6) is 0 Å². The van der Waals surface area contributed by atoms with Gasteiger partial charge in [-0.05, 0) is 33.1 Å². The first-order valence-electron chi connectivity index (χ1n) is 6.66. The van der Waals surface area contributed by atoms with E-state index in [1.807, 2.05) is 13.8 Å². The summed E-state index contributed by atoms with van der Waals surface area (Å²) in [6, 6.07) is 2.15. The summed E-state index contributed by atoms with van der Waals surface area (Å²) in [4.78, 5) is 21.6. The van der Waals surface area contributed by atoms with Crippen molar-refractivity contribution in [3.8, 4) is 6.07 Å². The molecule has 108 valence electrons. The molecule has 0 atom stereocenters. The third kappa shape index (κ3) is 11.3. The molecule has 0 amide bonds. The number of carboxylic acid groups (broad SMARTS) is 1. The smallest absolute Gasteiger partial charge is 0.305 e. The molecule has 0 radical (unpaired) electrons. The van der Waals surface area contributed by atoms with Crippen molar-refractivity contribution in [2.75, 3.05) is 6.61 Å². The van der Waals surface area contributed by atoms with E-state index in [0.29, 0.717) is 19.3 Å². The molecule has 0 fully saturated rings. The minimum Gasteiger partial charge on any atom is -0.481 e. The van der Waals surface area contributed by atoms with Gasteiger partial charge in [-0.25, -0.2) is 0 Å². The molecule has 0 rings (SSSR count). The van der Waals surface area contributed by atoms with E-state index in [2.05, 4.69) is 6.07 Å². The Morgan fingerprint density at radius 2 is 1.74 bits per heavy atom. The third-order valence-electron chi connectivity index (χ3n) is 2.81. The molecule has 0 aromatic heterocycles. The predicted octanol–water partition coefficient (Wildman–Crippen LogP) is 2.89. The summed E-state index contributed by atoms with van der Waals surface area (Å²) < 4.78 is 5.04. The van der Waals surface area contributed by atoms with Crippen molar-refractivity contribution in [3.05, 3.63) is 0 Å². The van der Waals surface area contributed by atoms with Crippen molar-refractivity contribution in [2.24, 2.45) is 5.41 Å². The summed E-state index contributed by atoms with van der Waals surface area (Å²) in [5, 5.41) is 17.2. The molecular weight excluding hydrogens is 246 g/mol. The molecule has 19 heavy (non-hydrogen) atoms. The summed E-state index contributed by atoms with van der Waals surface area (Å²) in [5.74, 6) is -1.02. The molecule has 0 aromatic carbocycles. The summed E-state index contributed by atoms with van der Waals surface area (Å²) >= 11 is 0. The van der Waals surface area contributed by atoms with Crippen molar-refractivity contribution < 1.29 is 19.4 Å². The van der Waals surface area contributed by atoms with E-state index in [-0.39, 0.29) is 19.0 Å². The summed E-state index contributed by atoms with van der Waals surface area (Å²) in [5.41, 5.74) is -0.461. The van der Waals surface area contributed by atoms with Crippen LogP contribution < -0.4 is 0 Å². The highest BCUT2D eigenvalue weighted by molar-refractivity contribution is 5.69. The van der Waals surface area contributed by atoms with Crippen LogP contribution in [0, 0.1) is 16.7 Å². The van der Waals surface area contributed by atoms with Gasteiger partial charge in [0.2, 0.25) is 0 Å². The van der Waals surface area contributed by atoms with Crippen LogP contribution in [0.15, 0.2) is 0 Å². The lowest BCUT2D eigenvalue weighted by molar-refractivity contribution is -0.144. The fourth-order valence-electron chi connectivity index (χ4n) is 1.45. The van der Waals surface area contributed by atoms with Gasteiger partial charge >= 0.3 is 11.9 Å². The van der Waals surface area contributed by atoms with Crippen LogP contribution in [0.25, 0.3) is 0 Å². The minimum atomic E-state index is -0.778. The SMILES string of the molecule is CC(C)(C#N)CCOC(=O)CCCCCCC(=O)O. The van der Waals surface area contributed by atoms with E-state index in [4.69, 9.17) is 15.1 Å². The van der Waals surface area contributed by atoms with Gasteiger partial charge in [-0.3, -0.25) is 9.59 Å². The maximum Gasteiger partial charge on any atom is 0.305 e. The van der Waals surface area contributed by atoms with Crippen LogP contribution in [-0.4, -0.2) is 23.7 Å². The van der Waals surface area contributed by atoms with Gasteiger partial charge in [0.05, 0.1) is 18.1 Å². The zero-order valence-electron chi connectivity index (χ0n) is 11.8. The highest BCUT2D eigenvalue weighted by Gasteiger charge is 2.17. The topological polar surface area (TPSA) is 87.4 Å². The van der Waals surface area contributed by atoms with E-state index in [9.17, 15) is 9.59 Å². The van der Waals surface area contributed by atoms with Gasteiger partial charge in [-0.2, -0.15) is 5.26 Å². The van der Waals surface area contributed by atoms with Crippen LogP contribution in [-0.2, 0) is 14.3 Å². The Balaban J connectivity index is 3.46. The maximum atomic E-state index is 11.4. The van der Waals surface area contributed by atoms with Crippen LogP contribution in [0.4, 0.5) is 0 Å². The summed E-state index contributed by atoms with van der Waals surface area (Å²) in [7, 11) is 0. The van der Waals surface area contributed by atoms with Gasteiger partial charge in [-0.1, -0.05) is 12.8 Å². The Hall–Kier alpha value is -1.57. The molecular formula is C14H23NO4. The molecule has 5 nitrogen and oxygen atoms in total. The number of carbonyl (C=O) groups excluding carboxylic acids is 1. The second-order valence-electron chi connectivity index (χ2n) is 5.27. The molecule has 0 heterocycles. The van der Waals surface area contributed by atoms with Gasteiger partial charge in [-0.15, -0.1) is 0 Å². The molecule has 0 aliphatic carbocycles. The standard InChI is InChI=1S/C14H23NO4/c1-14(2,11-15)9-10-19-13(18)8-6-4-3-5-7-12(16)17/h3-10H2,1-2H3,(H,16,17). The number of nitrogens with zero attached hydrogens (tertiary/aromatic N) is 1. The normalized spacial score (nSPS) is 10.8. The lowest BCUT2D eigenvalue weighted by Crippen LogP contribution is -2.14. The predicted molar refractivity (Wildman–Crippen MR) is 70.3 cm³/mol. The Bertz CT molecular complexity index is 331. The number of nitriles is 1. The molecule has 0 aromatic rings. The molecule has 0 unspecified atom stereocenters. The molecule has 0 aliphatic rings. The Morgan fingerprint density at radius 1 is 1.16 bits per heavy atom. The van der Waals surface area contributed by atoms with E-state index in [1.54, 1.807) is 0 Å². The van der Waals surface area contributed by atoms with Crippen LogP contribution in [0.2, 0.25) is 0 Å². The highest BCUT2D eigenvalue weighted by atomic mass is 16.5. The van der Waals surface area contributed by atoms with Crippen LogP contribution in [0.1, 0.15) is 58.8 Å². The number of rotatable bonds is 10. The molecule has 1 N–H and O–H groups in total. The first kappa shape index (κ1) is 17.4. The van der Waals surface area contributed by atoms with Crippen molar-refractivity contribution in [1.29, 1.82) is 5.26 Å². The number of ether oxygens (including phenoxy) is 1. The Kier molecular flexibility index (Phi) is 8.60. The van der Waals surface area contributed by atoms with E-state index in [0.717, 1.165) is 19.3 Å². The average Bonchev–Trinajstić information content (AvgIpc) is 2.33. The number of hydrogen-bond donors (Lipinski definition) is 1. The van der Waals surface area contributed by atoms with Crippen molar-refractivity contribution in [3.63, 3.8) is 0 Å². The Morgan fingerprint density at radius 3 is 2.26 bits per heavy atom. The van der Waals surface area contributed by atoms with Crippen molar-refractivity contribution in [2.45, 2.75) is 58.8 Å². The zero-order valence-corrected chi connectivity index (χ0v) is 11.8. The first-order chi connectivity index (χ1) is 8.87. The number of carboxylic acids is 1. The summed E-state index contributed by atoms with van der Waals surface area (Å²) in [6.07, 6.45) is 4.12. The summed E-state index contributed by atoms with van der Waals surface area (Å²) in [6.45, 7) is 3.89. The van der Waals surface area contributed by atoms with Gasteiger partial charge in [0, 0.05) is 12.8 Å². The second-order valence-corrected chi connectivity index (χ2v) is 5.27. The Labute approximate surface area is 114 Å². The van der Waals surface area contributed by atoms with Crippen molar-refractivity contribution >= 4 is 11.9 Å². The van der Waals surface area contributed by atoms with E-state index in [1.165, 1.54) is 0 Å². The number of aliphatic carboxylic acids is 1.